The van der Waals surface area contributed by atoms with Gasteiger partial charge in [0.15, 0.2) is 0 Å². The molecule has 1 aromatic carbocycles. The van der Waals surface area contributed by atoms with Gasteiger partial charge in [0, 0.05) is 12.4 Å². The SMILES string of the molecule is NC(=O)C1=CN2Cc3nc4ccccc4n3C=C2C=C1. The summed E-state index contributed by atoms with van der Waals surface area (Å²) in [5, 5.41) is 0. The number of primary amides is 1. The van der Waals surface area contributed by atoms with Gasteiger partial charge >= 0.3 is 0 Å². The Bertz CT molecular complexity index is 826. The van der Waals surface area contributed by atoms with E-state index in [1.165, 1.54) is 0 Å². The summed E-state index contributed by atoms with van der Waals surface area (Å²) in [4.78, 5) is 17.9. The molecule has 2 aliphatic heterocycles. The van der Waals surface area contributed by atoms with E-state index in [2.05, 4.69) is 15.6 Å². The lowest BCUT2D eigenvalue weighted by Gasteiger charge is -2.28. The molecule has 0 fully saturated rings. The largest absolute Gasteiger partial charge is 0.366 e. The normalized spacial score (nSPS) is 16.5. The molecule has 0 bridgehead atoms. The van der Waals surface area contributed by atoms with Crippen molar-refractivity contribution < 1.29 is 4.79 Å². The maximum Gasteiger partial charge on any atom is 0.250 e. The van der Waals surface area contributed by atoms with Crippen molar-refractivity contribution in [2.75, 3.05) is 0 Å². The number of benzene rings is 1. The number of para-hydroxylation sites is 2. The van der Waals surface area contributed by atoms with Crippen molar-refractivity contribution >= 4 is 23.1 Å². The molecular weight excluding hydrogens is 252 g/mol. The molecule has 4 rings (SSSR count). The average Bonchev–Trinajstić information content (AvgIpc) is 2.81. The second kappa shape index (κ2) is 3.84. The lowest BCUT2D eigenvalue weighted by Crippen LogP contribution is -2.27. The van der Waals surface area contributed by atoms with Crippen LogP contribution < -0.4 is 5.73 Å². The Morgan fingerprint density at radius 1 is 1.20 bits per heavy atom. The number of fused-ring (bicyclic) bond motifs is 4. The summed E-state index contributed by atoms with van der Waals surface area (Å²) in [5.41, 5.74) is 8.91. The Morgan fingerprint density at radius 2 is 2.05 bits per heavy atom. The average molecular weight is 264 g/mol. The molecule has 5 nitrogen and oxygen atoms in total. The molecule has 1 aromatic heterocycles. The summed E-state index contributed by atoms with van der Waals surface area (Å²) in [6, 6.07) is 8.03. The predicted octanol–water partition coefficient (Wildman–Crippen LogP) is 1.59. The quantitative estimate of drug-likeness (QED) is 0.850. The highest BCUT2D eigenvalue weighted by Crippen LogP contribution is 2.28. The molecule has 98 valence electrons. The van der Waals surface area contributed by atoms with Crippen molar-refractivity contribution in [1.29, 1.82) is 0 Å². The third-order valence-corrected chi connectivity index (χ3v) is 3.59. The molecular formula is C15H12N4O. The van der Waals surface area contributed by atoms with Gasteiger partial charge in [-0.25, -0.2) is 4.98 Å². The molecule has 0 saturated heterocycles. The van der Waals surface area contributed by atoms with E-state index in [1.54, 1.807) is 12.3 Å². The lowest BCUT2D eigenvalue weighted by atomic mass is 10.1. The number of rotatable bonds is 1. The number of nitrogens with zero attached hydrogens (tertiary/aromatic N) is 3. The van der Waals surface area contributed by atoms with Crippen molar-refractivity contribution in [2.45, 2.75) is 6.54 Å². The van der Waals surface area contributed by atoms with Crippen molar-refractivity contribution in [3.8, 4) is 0 Å². The van der Waals surface area contributed by atoms with Crippen LogP contribution in [0.4, 0.5) is 0 Å². The van der Waals surface area contributed by atoms with Gasteiger partial charge in [0.2, 0.25) is 5.91 Å². The number of hydrogen-bond donors (Lipinski definition) is 1. The van der Waals surface area contributed by atoms with Gasteiger partial charge in [-0.3, -0.25) is 9.36 Å². The molecule has 1 amide bonds. The van der Waals surface area contributed by atoms with Crippen molar-refractivity contribution in [2.24, 2.45) is 5.73 Å². The lowest BCUT2D eigenvalue weighted by molar-refractivity contribution is -0.114. The number of imidazole rings is 1. The van der Waals surface area contributed by atoms with Crippen LogP contribution in [0, 0.1) is 0 Å². The van der Waals surface area contributed by atoms with Gasteiger partial charge in [0.25, 0.3) is 0 Å². The second-order valence-corrected chi connectivity index (χ2v) is 4.85. The predicted molar refractivity (Wildman–Crippen MR) is 76.0 cm³/mol. The molecule has 2 N–H and O–H groups in total. The Balaban J connectivity index is 1.86. The first kappa shape index (κ1) is 11.0. The van der Waals surface area contributed by atoms with Crippen LogP contribution in [0.25, 0.3) is 17.2 Å². The highest BCUT2D eigenvalue weighted by Gasteiger charge is 2.22. The molecule has 0 aliphatic carbocycles. The van der Waals surface area contributed by atoms with Gasteiger partial charge in [0.05, 0.1) is 28.8 Å². The van der Waals surface area contributed by atoms with E-state index in [0.717, 1.165) is 22.6 Å². The van der Waals surface area contributed by atoms with Crippen LogP contribution in [0.3, 0.4) is 0 Å². The van der Waals surface area contributed by atoms with Crippen molar-refractivity contribution in [3.63, 3.8) is 0 Å². The first-order valence-corrected chi connectivity index (χ1v) is 6.36. The van der Waals surface area contributed by atoms with Crippen LogP contribution in [0.2, 0.25) is 0 Å². The fourth-order valence-corrected chi connectivity index (χ4v) is 2.59. The zero-order valence-corrected chi connectivity index (χ0v) is 10.7. The molecule has 2 aliphatic rings. The summed E-state index contributed by atoms with van der Waals surface area (Å²) < 4.78 is 2.09. The topological polar surface area (TPSA) is 64.2 Å². The maximum absolute atomic E-state index is 11.3. The van der Waals surface area contributed by atoms with Gasteiger partial charge in [-0.05, 0) is 24.3 Å². The van der Waals surface area contributed by atoms with Crippen LogP contribution >= 0.6 is 0 Å². The van der Waals surface area contributed by atoms with Gasteiger partial charge in [-0.2, -0.15) is 0 Å². The zero-order valence-electron chi connectivity index (χ0n) is 10.7. The summed E-state index contributed by atoms with van der Waals surface area (Å²) in [6.07, 6.45) is 7.45. The van der Waals surface area contributed by atoms with Crippen LogP contribution in [-0.4, -0.2) is 20.4 Å². The Hall–Kier alpha value is -2.82. The molecule has 0 unspecified atom stereocenters. The first-order valence-electron chi connectivity index (χ1n) is 6.36. The third-order valence-electron chi connectivity index (χ3n) is 3.59. The molecule has 3 heterocycles. The van der Waals surface area contributed by atoms with Crippen LogP contribution in [0.5, 0.6) is 0 Å². The van der Waals surface area contributed by atoms with E-state index in [4.69, 9.17) is 5.73 Å². The van der Waals surface area contributed by atoms with E-state index in [-0.39, 0.29) is 0 Å². The number of aromatic nitrogens is 2. The zero-order chi connectivity index (χ0) is 13.7. The molecule has 0 spiro atoms. The molecule has 0 atom stereocenters. The van der Waals surface area contributed by atoms with Gasteiger partial charge in [0.1, 0.15) is 5.82 Å². The smallest absolute Gasteiger partial charge is 0.250 e. The highest BCUT2D eigenvalue weighted by molar-refractivity contribution is 5.95. The number of nitrogens with two attached hydrogens (primary N) is 1. The minimum atomic E-state index is -0.417. The summed E-state index contributed by atoms with van der Waals surface area (Å²) in [7, 11) is 0. The van der Waals surface area contributed by atoms with E-state index in [0.29, 0.717) is 12.1 Å². The number of hydrogen-bond acceptors (Lipinski definition) is 3. The second-order valence-electron chi connectivity index (χ2n) is 4.85. The first-order chi connectivity index (χ1) is 9.72. The number of amides is 1. The van der Waals surface area contributed by atoms with Crippen molar-refractivity contribution in [3.05, 3.63) is 59.7 Å². The van der Waals surface area contributed by atoms with Crippen LogP contribution in [0.1, 0.15) is 5.82 Å². The Kier molecular flexibility index (Phi) is 2.12. The van der Waals surface area contributed by atoms with E-state index >= 15 is 0 Å². The van der Waals surface area contributed by atoms with Crippen molar-refractivity contribution in [1.82, 2.24) is 14.5 Å². The molecule has 5 heteroatoms. The Morgan fingerprint density at radius 3 is 2.90 bits per heavy atom. The maximum atomic E-state index is 11.3. The minimum absolute atomic E-state index is 0.417. The van der Waals surface area contributed by atoms with Crippen LogP contribution in [0.15, 0.2) is 53.9 Å². The Labute approximate surface area is 115 Å². The minimum Gasteiger partial charge on any atom is -0.366 e. The number of carbonyl (C=O) groups excluding carboxylic acids is 1. The fraction of sp³-hybridized carbons (Fsp3) is 0.0667. The van der Waals surface area contributed by atoms with Gasteiger partial charge < -0.3 is 10.6 Å². The molecule has 20 heavy (non-hydrogen) atoms. The fourth-order valence-electron chi connectivity index (χ4n) is 2.59. The summed E-state index contributed by atoms with van der Waals surface area (Å²) in [5.74, 6) is 0.532. The summed E-state index contributed by atoms with van der Waals surface area (Å²) >= 11 is 0. The molecule has 0 saturated carbocycles. The van der Waals surface area contributed by atoms with E-state index in [9.17, 15) is 4.79 Å². The standard InChI is InChI=1S/C15H12N4O/c16-15(20)10-5-6-11-8-19-13-4-2-1-3-12(13)17-14(19)9-18(11)7-10/h1-8H,9H2,(H2,16,20). The monoisotopic (exact) mass is 264 g/mol. The number of carbonyl (C=O) groups is 1. The van der Waals surface area contributed by atoms with Gasteiger partial charge in [-0.15, -0.1) is 0 Å². The number of allylic oxidation sites excluding steroid dienone is 1. The van der Waals surface area contributed by atoms with Crippen LogP contribution in [-0.2, 0) is 11.3 Å². The van der Waals surface area contributed by atoms with E-state index < -0.39 is 5.91 Å². The molecule has 0 radical (unpaired) electrons. The van der Waals surface area contributed by atoms with E-state index in [1.807, 2.05) is 35.4 Å². The van der Waals surface area contributed by atoms with Gasteiger partial charge in [-0.1, -0.05) is 12.1 Å². The highest BCUT2D eigenvalue weighted by atomic mass is 16.1. The summed E-state index contributed by atoms with van der Waals surface area (Å²) in [6.45, 7) is 0.627. The third kappa shape index (κ3) is 1.50. The molecule has 2 aromatic rings.